The van der Waals surface area contributed by atoms with E-state index in [1.54, 1.807) is 12.1 Å². The summed E-state index contributed by atoms with van der Waals surface area (Å²) in [5.41, 5.74) is -2.01. The quantitative estimate of drug-likeness (QED) is 0.704. The Morgan fingerprint density at radius 3 is 1.78 bits per heavy atom. The highest BCUT2D eigenvalue weighted by Crippen LogP contribution is 2.31. The molecule has 1 aliphatic heterocycles. The first-order valence-corrected chi connectivity index (χ1v) is 5.25. The standard InChI is InChI=1S/C12H12O6/c1-11(2,15)12(16)17-9(13)7-5-3-4-6-8(7)10(14)18-12/h3-6,15-16H,1-2H3. The summed E-state index contributed by atoms with van der Waals surface area (Å²) in [5.74, 6) is -4.61. The molecule has 0 atom stereocenters. The summed E-state index contributed by atoms with van der Waals surface area (Å²) >= 11 is 0. The van der Waals surface area contributed by atoms with E-state index in [9.17, 15) is 19.8 Å². The van der Waals surface area contributed by atoms with Crippen molar-refractivity contribution < 1.29 is 29.3 Å². The van der Waals surface area contributed by atoms with E-state index in [1.807, 2.05) is 0 Å². The first-order valence-electron chi connectivity index (χ1n) is 5.25. The van der Waals surface area contributed by atoms with Gasteiger partial charge in [0.15, 0.2) is 5.60 Å². The van der Waals surface area contributed by atoms with Crippen molar-refractivity contribution in [3.63, 3.8) is 0 Å². The largest absolute Gasteiger partial charge is 0.403 e. The molecule has 0 aromatic heterocycles. The Morgan fingerprint density at radius 2 is 1.44 bits per heavy atom. The van der Waals surface area contributed by atoms with Gasteiger partial charge in [0.05, 0.1) is 11.1 Å². The van der Waals surface area contributed by atoms with Crippen molar-refractivity contribution in [1.29, 1.82) is 0 Å². The molecule has 96 valence electrons. The van der Waals surface area contributed by atoms with Crippen LogP contribution in [0.1, 0.15) is 34.6 Å². The van der Waals surface area contributed by atoms with Crippen LogP contribution in [0, 0.1) is 0 Å². The summed E-state index contributed by atoms with van der Waals surface area (Å²) in [7, 11) is 0. The minimum Gasteiger partial charge on any atom is -0.392 e. The van der Waals surface area contributed by atoms with Gasteiger partial charge in [-0.1, -0.05) is 12.1 Å². The van der Waals surface area contributed by atoms with E-state index < -0.39 is 23.5 Å². The lowest BCUT2D eigenvalue weighted by atomic mass is 10.1. The van der Waals surface area contributed by atoms with Gasteiger partial charge in [0.1, 0.15) is 0 Å². The highest BCUT2D eigenvalue weighted by Gasteiger charge is 2.53. The molecule has 0 amide bonds. The van der Waals surface area contributed by atoms with Crippen LogP contribution in [0.3, 0.4) is 0 Å². The number of carbonyl (C=O) groups excluding carboxylic acids is 2. The average molecular weight is 252 g/mol. The highest BCUT2D eigenvalue weighted by molar-refractivity contribution is 6.04. The van der Waals surface area contributed by atoms with Gasteiger partial charge in [-0.15, -0.1) is 0 Å². The number of rotatable bonds is 1. The van der Waals surface area contributed by atoms with Crippen LogP contribution < -0.4 is 0 Å². The molecule has 0 bridgehead atoms. The molecular weight excluding hydrogens is 240 g/mol. The van der Waals surface area contributed by atoms with Gasteiger partial charge in [-0.25, -0.2) is 9.59 Å². The minimum absolute atomic E-state index is 0.0253. The van der Waals surface area contributed by atoms with Gasteiger partial charge in [0.2, 0.25) is 0 Å². The molecule has 18 heavy (non-hydrogen) atoms. The van der Waals surface area contributed by atoms with Crippen molar-refractivity contribution in [3.8, 4) is 0 Å². The Morgan fingerprint density at radius 1 is 1.06 bits per heavy atom. The number of cyclic esters (lactones) is 2. The molecule has 0 spiro atoms. The van der Waals surface area contributed by atoms with Crippen LogP contribution in [0.15, 0.2) is 24.3 Å². The van der Waals surface area contributed by atoms with E-state index in [4.69, 9.17) is 0 Å². The third-order valence-corrected chi connectivity index (χ3v) is 2.60. The lowest BCUT2D eigenvalue weighted by Gasteiger charge is -2.34. The molecule has 0 unspecified atom stereocenters. The number of benzene rings is 1. The molecule has 0 saturated carbocycles. The molecule has 2 N–H and O–H groups in total. The van der Waals surface area contributed by atoms with E-state index in [-0.39, 0.29) is 11.1 Å². The second kappa shape index (κ2) is 3.79. The number of ether oxygens (including phenoxy) is 2. The second-order valence-corrected chi connectivity index (χ2v) is 4.47. The Hall–Kier alpha value is -1.92. The molecule has 1 heterocycles. The fourth-order valence-electron chi connectivity index (χ4n) is 1.47. The zero-order valence-electron chi connectivity index (χ0n) is 9.84. The summed E-state index contributed by atoms with van der Waals surface area (Å²) in [6, 6.07) is 5.83. The van der Waals surface area contributed by atoms with Crippen LogP contribution in [-0.2, 0) is 9.47 Å². The number of esters is 2. The van der Waals surface area contributed by atoms with Crippen LogP contribution in [-0.4, -0.2) is 33.7 Å². The average Bonchev–Trinajstić information content (AvgIpc) is 2.36. The number of aliphatic hydroxyl groups is 2. The molecule has 6 nitrogen and oxygen atoms in total. The monoisotopic (exact) mass is 252 g/mol. The lowest BCUT2D eigenvalue weighted by molar-refractivity contribution is -0.371. The van der Waals surface area contributed by atoms with Gasteiger partial charge >= 0.3 is 17.9 Å². The van der Waals surface area contributed by atoms with Crippen molar-refractivity contribution in [1.82, 2.24) is 0 Å². The zero-order valence-corrected chi connectivity index (χ0v) is 9.84. The van der Waals surface area contributed by atoms with Crippen LogP contribution in [0.4, 0.5) is 0 Å². The van der Waals surface area contributed by atoms with Crippen molar-refractivity contribution in [2.75, 3.05) is 0 Å². The van der Waals surface area contributed by atoms with Crippen LogP contribution in [0.5, 0.6) is 0 Å². The van der Waals surface area contributed by atoms with Gasteiger partial charge in [-0.05, 0) is 26.0 Å². The highest BCUT2D eigenvalue weighted by atomic mass is 16.9. The summed E-state index contributed by atoms with van der Waals surface area (Å²) in [6.07, 6.45) is 0. The SMILES string of the molecule is CC(C)(O)C1(O)OC(=O)c2ccccc2C(=O)O1. The molecule has 0 aliphatic carbocycles. The fraction of sp³-hybridized carbons (Fsp3) is 0.333. The molecule has 1 aliphatic rings. The van der Waals surface area contributed by atoms with Crippen molar-refractivity contribution in [2.24, 2.45) is 0 Å². The Balaban J connectivity index is 2.52. The first-order chi connectivity index (χ1) is 8.24. The summed E-state index contributed by atoms with van der Waals surface area (Å²) in [6.45, 7) is 2.31. The minimum atomic E-state index is -2.72. The van der Waals surface area contributed by atoms with E-state index in [2.05, 4.69) is 9.47 Å². The van der Waals surface area contributed by atoms with Crippen molar-refractivity contribution >= 4 is 11.9 Å². The normalized spacial score (nSPS) is 18.4. The topological polar surface area (TPSA) is 93.1 Å². The maximum atomic E-state index is 11.8. The zero-order chi connectivity index (χ0) is 13.6. The van der Waals surface area contributed by atoms with Crippen molar-refractivity contribution in [2.45, 2.75) is 25.4 Å². The fourth-order valence-corrected chi connectivity index (χ4v) is 1.47. The van der Waals surface area contributed by atoms with Gasteiger partial charge in [-0.2, -0.15) is 0 Å². The summed E-state index contributed by atoms with van der Waals surface area (Å²) in [4.78, 5) is 23.6. The maximum Gasteiger partial charge on any atom is 0.403 e. The lowest BCUT2D eigenvalue weighted by Crippen LogP contribution is -2.55. The van der Waals surface area contributed by atoms with Crippen molar-refractivity contribution in [3.05, 3.63) is 35.4 Å². The Kier molecular flexibility index (Phi) is 2.64. The first kappa shape index (κ1) is 12.5. The molecule has 2 rings (SSSR count). The molecule has 1 aromatic carbocycles. The number of fused-ring (bicyclic) bond motifs is 1. The van der Waals surface area contributed by atoms with Gasteiger partial charge in [-0.3, -0.25) is 0 Å². The van der Waals surface area contributed by atoms with E-state index in [0.717, 1.165) is 13.8 Å². The molecule has 0 fully saturated rings. The maximum absolute atomic E-state index is 11.8. The third-order valence-electron chi connectivity index (χ3n) is 2.60. The third kappa shape index (κ3) is 1.85. The number of hydrogen-bond donors (Lipinski definition) is 2. The van der Waals surface area contributed by atoms with E-state index in [1.165, 1.54) is 12.1 Å². The van der Waals surface area contributed by atoms with E-state index >= 15 is 0 Å². The molecule has 0 saturated heterocycles. The second-order valence-electron chi connectivity index (χ2n) is 4.47. The summed E-state index contributed by atoms with van der Waals surface area (Å²) in [5, 5.41) is 19.7. The van der Waals surface area contributed by atoms with Crippen LogP contribution in [0.2, 0.25) is 0 Å². The predicted octanol–water partition coefficient (Wildman–Crippen LogP) is 0.431. The molecule has 1 aromatic rings. The molecule has 0 radical (unpaired) electrons. The van der Waals surface area contributed by atoms with E-state index in [0.29, 0.717) is 0 Å². The predicted molar refractivity (Wildman–Crippen MR) is 58.5 cm³/mol. The van der Waals surface area contributed by atoms with Crippen LogP contribution >= 0.6 is 0 Å². The molecule has 6 heteroatoms. The number of hydrogen-bond acceptors (Lipinski definition) is 6. The van der Waals surface area contributed by atoms with Gasteiger partial charge < -0.3 is 19.7 Å². The van der Waals surface area contributed by atoms with Crippen LogP contribution in [0.25, 0.3) is 0 Å². The molecular formula is C12H12O6. The smallest absolute Gasteiger partial charge is 0.392 e. The van der Waals surface area contributed by atoms with Gasteiger partial charge in [0, 0.05) is 0 Å². The van der Waals surface area contributed by atoms with Gasteiger partial charge in [0.25, 0.3) is 0 Å². The Labute approximate surface area is 103 Å². The number of carbonyl (C=O) groups is 2. The summed E-state index contributed by atoms with van der Waals surface area (Å²) < 4.78 is 9.37. The Bertz CT molecular complexity index is 477.